The molecule has 1 fully saturated rings. The number of hydrogen-bond acceptors (Lipinski definition) is 8. The van der Waals surface area contributed by atoms with Crippen molar-refractivity contribution in [2.75, 3.05) is 31.1 Å². The van der Waals surface area contributed by atoms with Crippen LogP contribution in [0.5, 0.6) is 0 Å². The Hall–Kier alpha value is -3.08. The van der Waals surface area contributed by atoms with Crippen molar-refractivity contribution in [1.29, 1.82) is 0 Å². The van der Waals surface area contributed by atoms with Crippen LogP contribution in [0.3, 0.4) is 0 Å². The lowest BCUT2D eigenvalue weighted by Gasteiger charge is -2.33. The predicted molar refractivity (Wildman–Crippen MR) is 92.1 cm³/mol. The smallest absolute Gasteiger partial charge is 0.416 e. The van der Waals surface area contributed by atoms with Gasteiger partial charge in [0.15, 0.2) is 0 Å². The Bertz CT molecular complexity index is 924. The highest BCUT2D eigenvalue weighted by molar-refractivity contribution is 5.55. The molecule has 3 aromatic rings. The van der Waals surface area contributed by atoms with Gasteiger partial charge in [0.25, 0.3) is 0 Å². The van der Waals surface area contributed by atoms with Crippen LogP contribution in [0.15, 0.2) is 41.1 Å². The van der Waals surface area contributed by atoms with E-state index in [4.69, 9.17) is 4.42 Å². The quantitative estimate of drug-likeness (QED) is 0.670. The van der Waals surface area contributed by atoms with E-state index in [1.807, 2.05) is 28.0 Å². The van der Waals surface area contributed by atoms with E-state index >= 15 is 0 Å². The molecule has 3 aromatic heterocycles. The van der Waals surface area contributed by atoms with Crippen LogP contribution in [0.4, 0.5) is 19.1 Å². The molecule has 146 valence electrons. The van der Waals surface area contributed by atoms with Crippen LogP contribution in [-0.4, -0.2) is 56.2 Å². The first-order valence-corrected chi connectivity index (χ1v) is 8.60. The summed E-state index contributed by atoms with van der Waals surface area (Å²) in [6.07, 6.45) is -1.23. The average Bonchev–Trinajstić information content (AvgIpc) is 3.18. The van der Waals surface area contributed by atoms with Crippen molar-refractivity contribution < 1.29 is 17.6 Å². The van der Waals surface area contributed by atoms with Crippen molar-refractivity contribution in [3.63, 3.8) is 0 Å². The predicted octanol–water partition coefficient (Wildman–Crippen LogP) is 2.26. The molecule has 0 bridgehead atoms. The van der Waals surface area contributed by atoms with Crippen LogP contribution in [-0.2, 0) is 12.7 Å². The van der Waals surface area contributed by atoms with Crippen molar-refractivity contribution in [1.82, 2.24) is 30.0 Å². The average molecular weight is 391 g/mol. The standard InChI is InChI=1S/C17H16F3N7O/c18-17(19,20)15-25-24-14(28-15)11-26-7-9-27(10-8-26)16-22-6-4-13(23-16)12-3-1-2-5-21-12/h1-6H,7-11H2. The molecule has 28 heavy (non-hydrogen) atoms. The molecule has 0 aromatic carbocycles. The molecule has 1 saturated heterocycles. The normalized spacial score (nSPS) is 15.8. The van der Waals surface area contributed by atoms with Gasteiger partial charge in [-0.2, -0.15) is 13.2 Å². The van der Waals surface area contributed by atoms with E-state index in [2.05, 4.69) is 25.1 Å². The zero-order valence-electron chi connectivity index (χ0n) is 14.7. The molecule has 0 saturated carbocycles. The zero-order valence-corrected chi connectivity index (χ0v) is 14.7. The van der Waals surface area contributed by atoms with E-state index in [-0.39, 0.29) is 12.4 Å². The number of aromatic nitrogens is 5. The van der Waals surface area contributed by atoms with Crippen LogP contribution in [0.2, 0.25) is 0 Å². The number of pyridine rings is 1. The van der Waals surface area contributed by atoms with Gasteiger partial charge in [-0.1, -0.05) is 6.07 Å². The fourth-order valence-corrected chi connectivity index (χ4v) is 2.89. The molecule has 0 radical (unpaired) electrons. The highest BCUT2D eigenvalue weighted by Gasteiger charge is 2.38. The lowest BCUT2D eigenvalue weighted by atomic mass is 10.2. The Morgan fingerprint density at radius 1 is 0.929 bits per heavy atom. The molecule has 8 nitrogen and oxygen atoms in total. The van der Waals surface area contributed by atoms with Gasteiger partial charge in [-0.3, -0.25) is 9.88 Å². The van der Waals surface area contributed by atoms with Crippen LogP contribution >= 0.6 is 0 Å². The first-order chi connectivity index (χ1) is 13.5. The third kappa shape index (κ3) is 4.09. The molecule has 11 heteroatoms. The summed E-state index contributed by atoms with van der Waals surface area (Å²) in [4.78, 5) is 17.2. The molecule has 4 rings (SSSR count). The van der Waals surface area contributed by atoms with Crippen molar-refractivity contribution in [2.45, 2.75) is 12.7 Å². The first-order valence-electron chi connectivity index (χ1n) is 8.60. The van der Waals surface area contributed by atoms with Gasteiger partial charge in [0.2, 0.25) is 11.8 Å². The number of piperazine rings is 1. The second kappa shape index (κ2) is 7.50. The van der Waals surface area contributed by atoms with Crippen molar-refractivity contribution in [3.05, 3.63) is 48.4 Å². The molecule has 0 atom stereocenters. The Morgan fingerprint density at radius 3 is 2.43 bits per heavy atom. The molecule has 1 aliphatic rings. The zero-order chi connectivity index (χ0) is 19.6. The minimum Gasteiger partial charge on any atom is -0.416 e. The van der Waals surface area contributed by atoms with Gasteiger partial charge < -0.3 is 9.32 Å². The van der Waals surface area contributed by atoms with Gasteiger partial charge in [-0.25, -0.2) is 9.97 Å². The molecule has 0 amide bonds. The maximum atomic E-state index is 12.5. The summed E-state index contributed by atoms with van der Waals surface area (Å²) in [5.41, 5.74) is 1.50. The summed E-state index contributed by atoms with van der Waals surface area (Å²) in [6, 6.07) is 7.41. The Kier molecular flexibility index (Phi) is 4.90. The fraction of sp³-hybridized carbons (Fsp3) is 0.353. The summed E-state index contributed by atoms with van der Waals surface area (Å²) >= 11 is 0. The molecule has 0 unspecified atom stereocenters. The summed E-state index contributed by atoms with van der Waals surface area (Å²) in [5, 5.41) is 6.52. The summed E-state index contributed by atoms with van der Waals surface area (Å²) in [5.74, 6) is -0.769. The maximum absolute atomic E-state index is 12.5. The first kappa shape index (κ1) is 18.3. The van der Waals surface area contributed by atoms with Crippen molar-refractivity contribution >= 4 is 5.95 Å². The molecule has 0 aliphatic carbocycles. The van der Waals surface area contributed by atoms with Crippen LogP contribution in [0, 0.1) is 0 Å². The lowest BCUT2D eigenvalue weighted by Crippen LogP contribution is -2.46. The number of rotatable bonds is 4. The molecule has 1 aliphatic heterocycles. The third-order valence-corrected chi connectivity index (χ3v) is 4.29. The third-order valence-electron chi connectivity index (χ3n) is 4.29. The minimum atomic E-state index is -4.63. The van der Waals surface area contributed by atoms with Crippen molar-refractivity contribution in [2.24, 2.45) is 0 Å². The number of nitrogens with zero attached hydrogens (tertiary/aromatic N) is 7. The number of anilines is 1. The molecular weight excluding hydrogens is 375 g/mol. The largest absolute Gasteiger partial charge is 0.470 e. The van der Waals surface area contributed by atoms with Gasteiger partial charge in [0.05, 0.1) is 17.9 Å². The van der Waals surface area contributed by atoms with Crippen LogP contribution < -0.4 is 4.90 Å². The van der Waals surface area contributed by atoms with Crippen LogP contribution in [0.25, 0.3) is 11.4 Å². The van der Waals surface area contributed by atoms with Crippen molar-refractivity contribution in [3.8, 4) is 11.4 Å². The highest BCUT2D eigenvalue weighted by Crippen LogP contribution is 2.28. The van der Waals surface area contributed by atoms with Crippen LogP contribution in [0.1, 0.15) is 11.8 Å². The van der Waals surface area contributed by atoms with E-state index in [1.54, 1.807) is 18.5 Å². The number of alkyl halides is 3. The van der Waals surface area contributed by atoms with Gasteiger partial charge in [0, 0.05) is 38.6 Å². The number of halogens is 3. The van der Waals surface area contributed by atoms with E-state index in [0.29, 0.717) is 32.1 Å². The fourth-order valence-electron chi connectivity index (χ4n) is 2.89. The van der Waals surface area contributed by atoms with E-state index in [1.165, 1.54) is 0 Å². The second-order valence-corrected chi connectivity index (χ2v) is 6.22. The van der Waals surface area contributed by atoms with E-state index < -0.39 is 12.1 Å². The summed E-state index contributed by atoms with van der Waals surface area (Å²) in [7, 11) is 0. The number of hydrogen-bond donors (Lipinski definition) is 0. The summed E-state index contributed by atoms with van der Waals surface area (Å²) < 4.78 is 42.3. The minimum absolute atomic E-state index is 0.0471. The van der Waals surface area contributed by atoms with Gasteiger partial charge in [-0.15, -0.1) is 10.2 Å². The topological polar surface area (TPSA) is 84.1 Å². The van der Waals surface area contributed by atoms with E-state index in [0.717, 1.165) is 11.4 Å². The molecular formula is C17H16F3N7O. The molecule has 0 N–H and O–H groups in total. The SMILES string of the molecule is FC(F)(F)c1nnc(CN2CCN(c3nccc(-c4ccccn4)n3)CC2)o1. The monoisotopic (exact) mass is 391 g/mol. The molecule has 0 spiro atoms. The van der Waals surface area contributed by atoms with E-state index in [9.17, 15) is 13.2 Å². The Labute approximate surface area is 158 Å². The van der Waals surface area contributed by atoms with Gasteiger partial charge >= 0.3 is 12.1 Å². The second-order valence-electron chi connectivity index (χ2n) is 6.22. The van der Waals surface area contributed by atoms with Gasteiger partial charge in [0.1, 0.15) is 0 Å². The Balaban J connectivity index is 1.37. The molecule has 4 heterocycles. The highest BCUT2D eigenvalue weighted by atomic mass is 19.4. The Morgan fingerprint density at radius 2 is 1.75 bits per heavy atom. The maximum Gasteiger partial charge on any atom is 0.470 e. The van der Waals surface area contributed by atoms with Gasteiger partial charge in [-0.05, 0) is 18.2 Å². The summed E-state index contributed by atoms with van der Waals surface area (Å²) in [6.45, 7) is 2.66. The lowest BCUT2D eigenvalue weighted by molar-refractivity contribution is -0.157.